The summed E-state index contributed by atoms with van der Waals surface area (Å²) in [6.45, 7) is 2.55. The third-order valence-corrected chi connectivity index (χ3v) is 5.53. The maximum absolute atomic E-state index is 15.0. The van der Waals surface area contributed by atoms with Gasteiger partial charge < -0.3 is 15.4 Å². The van der Waals surface area contributed by atoms with Crippen molar-refractivity contribution in [3.63, 3.8) is 0 Å². The van der Waals surface area contributed by atoms with Gasteiger partial charge in [-0.3, -0.25) is 14.2 Å². The molecule has 0 spiro atoms. The van der Waals surface area contributed by atoms with Crippen molar-refractivity contribution in [2.75, 3.05) is 5.32 Å². The second kappa shape index (κ2) is 10.4. The summed E-state index contributed by atoms with van der Waals surface area (Å²) in [7, 11) is 0. The largest absolute Gasteiger partial charge is 0.522 e. The van der Waals surface area contributed by atoms with Crippen molar-refractivity contribution >= 4 is 23.5 Å². The van der Waals surface area contributed by atoms with Crippen LogP contribution in [0.2, 0.25) is 0 Å². The van der Waals surface area contributed by atoms with Gasteiger partial charge in [0.1, 0.15) is 23.6 Å². The van der Waals surface area contributed by atoms with Crippen LogP contribution in [-0.4, -0.2) is 55.3 Å². The Labute approximate surface area is 205 Å². The molecule has 0 radical (unpaired) electrons. The normalized spacial score (nSPS) is 20.2. The standard InChI is InChI=1S/C21H23F6N7O3/c1-9(2)28-20(35)37-14-4-3-11(17(14)22)12-5-15(33-32-12)31-19-30-13(18(23)24)6-16-29-10(7-34(16)19)8-36-21(25,26)27/h5-7,9,11,14,17-18H,3-4,8H2,1-2H3,(H,28,35)(H2,30,31,32,33)/t11-,14-,17+/m1/s1. The van der Waals surface area contributed by atoms with E-state index in [0.717, 1.165) is 12.3 Å². The summed E-state index contributed by atoms with van der Waals surface area (Å²) >= 11 is 0. The Morgan fingerprint density at radius 2 is 2.00 bits per heavy atom. The van der Waals surface area contributed by atoms with Crippen LogP contribution in [0.1, 0.15) is 56.1 Å². The number of alkyl halides is 6. The molecule has 10 nitrogen and oxygen atoms in total. The Hall–Kier alpha value is -3.56. The van der Waals surface area contributed by atoms with E-state index < -0.39 is 49.4 Å². The first kappa shape index (κ1) is 26.5. The molecular weight excluding hydrogens is 512 g/mol. The van der Waals surface area contributed by atoms with Gasteiger partial charge in [-0.1, -0.05) is 0 Å². The highest BCUT2D eigenvalue weighted by Gasteiger charge is 2.41. The molecule has 37 heavy (non-hydrogen) atoms. The Morgan fingerprint density at radius 3 is 2.68 bits per heavy atom. The van der Waals surface area contributed by atoms with E-state index >= 15 is 4.39 Å². The van der Waals surface area contributed by atoms with Crippen molar-refractivity contribution in [3.8, 4) is 0 Å². The third-order valence-electron chi connectivity index (χ3n) is 5.53. The quantitative estimate of drug-likeness (QED) is 0.352. The van der Waals surface area contributed by atoms with Crippen LogP contribution in [0.5, 0.6) is 0 Å². The number of carbonyl (C=O) groups is 1. The number of amides is 1. The molecule has 4 rings (SSSR count). The first-order chi connectivity index (χ1) is 17.4. The number of hydrogen-bond donors (Lipinski definition) is 3. The molecule has 0 unspecified atom stereocenters. The predicted octanol–water partition coefficient (Wildman–Crippen LogP) is 4.89. The Morgan fingerprint density at radius 1 is 1.24 bits per heavy atom. The number of nitrogens with zero attached hydrogens (tertiary/aromatic N) is 4. The minimum Gasteiger partial charge on any atom is -0.443 e. The Balaban J connectivity index is 1.51. The zero-order chi connectivity index (χ0) is 26.9. The molecule has 3 N–H and O–H groups in total. The summed E-state index contributed by atoms with van der Waals surface area (Å²) in [6.07, 6.45) is -9.26. The molecule has 16 heteroatoms. The monoisotopic (exact) mass is 535 g/mol. The van der Waals surface area contributed by atoms with Crippen LogP contribution in [0, 0.1) is 0 Å². The van der Waals surface area contributed by atoms with E-state index in [9.17, 15) is 26.7 Å². The van der Waals surface area contributed by atoms with Crippen LogP contribution in [-0.2, 0) is 16.1 Å². The van der Waals surface area contributed by atoms with Crippen LogP contribution < -0.4 is 10.6 Å². The zero-order valence-electron chi connectivity index (χ0n) is 19.5. The SMILES string of the molecule is CC(C)NC(=O)O[C@@H]1CC[C@H](c2cc(Nc3nc(C(F)F)cc4nc(COC(F)(F)F)cn34)n[nH]2)[C@@H]1F. The molecule has 3 atom stereocenters. The van der Waals surface area contributed by atoms with E-state index in [1.165, 1.54) is 10.5 Å². The van der Waals surface area contributed by atoms with Gasteiger partial charge in [0.2, 0.25) is 5.95 Å². The molecule has 3 aromatic rings. The van der Waals surface area contributed by atoms with Crippen molar-refractivity contribution < 1.29 is 40.6 Å². The molecule has 1 amide bonds. The maximum atomic E-state index is 15.0. The number of anilines is 2. The lowest BCUT2D eigenvalue weighted by Gasteiger charge is -2.18. The van der Waals surface area contributed by atoms with Gasteiger partial charge in [-0.2, -0.15) is 5.10 Å². The van der Waals surface area contributed by atoms with Gasteiger partial charge in [-0.15, -0.1) is 13.2 Å². The highest BCUT2D eigenvalue weighted by atomic mass is 19.4. The van der Waals surface area contributed by atoms with Gasteiger partial charge in [-0.05, 0) is 26.7 Å². The van der Waals surface area contributed by atoms with E-state index in [2.05, 4.69) is 35.5 Å². The smallest absolute Gasteiger partial charge is 0.443 e. The van der Waals surface area contributed by atoms with Crippen LogP contribution in [0.25, 0.3) is 5.65 Å². The van der Waals surface area contributed by atoms with Gasteiger partial charge >= 0.3 is 12.5 Å². The van der Waals surface area contributed by atoms with E-state index in [1.54, 1.807) is 13.8 Å². The number of ether oxygens (including phenoxy) is 2. The van der Waals surface area contributed by atoms with Crippen molar-refractivity contribution in [1.29, 1.82) is 0 Å². The molecule has 0 saturated heterocycles. The first-order valence-electron chi connectivity index (χ1n) is 11.2. The molecule has 3 aromatic heterocycles. The lowest BCUT2D eigenvalue weighted by molar-refractivity contribution is -0.330. The fraction of sp³-hybridized carbons (Fsp3) is 0.524. The van der Waals surface area contributed by atoms with E-state index in [1.807, 2.05) is 0 Å². The minimum atomic E-state index is -4.90. The van der Waals surface area contributed by atoms with Crippen molar-refractivity contribution in [1.82, 2.24) is 29.9 Å². The summed E-state index contributed by atoms with van der Waals surface area (Å²) in [5.74, 6) is -0.780. The molecule has 202 valence electrons. The van der Waals surface area contributed by atoms with Gasteiger partial charge in [-0.25, -0.2) is 27.9 Å². The second-order valence-electron chi connectivity index (χ2n) is 8.70. The summed E-state index contributed by atoms with van der Waals surface area (Å²) in [4.78, 5) is 19.5. The average Bonchev–Trinajstić information content (AvgIpc) is 3.50. The lowest BCUT2D eigenvalue weighted by Crippen LogP contribution is -2.36. The number of H-pyrrole nitrogens is 1. The number of imidazole rings is 1. The number of carbonyl (C=O) groups excluding carboxylic acids is 1. The Kier molecular flexibility index (Phi) is 7.47. The van der Waals surface area contributed by atoms with Gasteiger partial charge in [0, 0.05) is 36.0 Å². The topological polar surface area (TPSA) is 118 Å². The molecular formula is C21H23F6N7O3. The number of alkyl carbamates (subject to hydrolysis) is 1. The summed E-state index contributed by atoms with van der Waals surface area (Å²) < 4.78 is 89.0. The number of aromatic amines is 1. The molecule has 3 heterocycles. The highest BCUT2D eigenvalue weighted by molar-refractivity contribution is 5.67. The molecule has 0 bridgehead atoms. The van der Waals surface area contributed by atoms with Crippen molar-refractivity contribution in [3.05, 3.63) is 35.4 Å². The third kappa shape index (κ3) is 6.42. The maximum Gasteiger partial charge on any atom is 0.522 e. The van der Waals surface area contributed by atoms with E-state index in [0.29, 0.717) is 12.1 Å². The molecule has 1 aliphatic carbocycles. The fourth-order valence-electron chi connectivity index (χ4n) is 3.97. The zero-order valence-corrected chi connectivity index (χ0v) is 19.5. The summed E-state index contributed by atoms with van der Waals surface area (Å²) in [5, 5.41) is 11.9. The predicted molar refractivity (Wildman–Crippen MR) is 116 cm³/mol. The first-order valence-corrected chi connectivity index (χ1v) is 11.2. The molecule has 0 aromatic carbocycles. The molecule has 0 aliphatic heterocycles. The van der Waals surface area contributed by atoms with Gasteiger partial charge in [0.05, 0.1) is 12.3 Å². The molecule has 1 saturated carbocycles. The number of fused-ring (bicyclic) bond motifs is 1. The summed E-state index contributed by atoms with van der Waals surface area (Å²) in [5.41, 5.74) is -0.561. The van der Waals surface area contributed by atoms with Crippen LogP contribution >= 0.6 is 0 Å². The summed E-state index contributed by atoms with van der Waals surface area (Å²) in [6, 6.07) is 2.21. The fourth-order valence-corrected chi connectivity index (χ4v) is 3.97. The van der Waals surface area contributed by atoms with E-state index in [4.69, 9.17) is 4.74 Å². The van der Waals surface area contributed by atoms with Crippen LogP contribution in [0.4, 0.5) is 42.9 Å². The molecule has 1 aliphatic rings. The minimum absolute atomic E-state index is 0.0890. The number of halogens is 6. The highest BCUT2D eigenvalue weighted by Crippen LogP contribution is 2.38. The average molecular weight is 535 g/mol. The second-order valence-corrected chi connectivity index (χ2v) is 8.70. The number of rotatable bonds is 8. The molecule has 1 fully saturated rings. The van der Waals surface area contributed by atoms with E-state index in [-0.39, 0.29) is 35.6 Å². The Bertz CT molecular complexity index is 1250. The lowest BCUT2D eigenvalue weighted by atomic mass is 10.0. The van der Waals surface area contributed by atoms with Crippen LogP contribution in [0.15, 0.2) is 18.3 Å². The van der Waals surface area contributed by atoms with Gasteiger partial charge in [0.25, 0.3) is 6.43 Å². The van der Waals surface area contributed by atoms with Crippen molar-refractivity contribution in [2.24, 2.45) is 0 Å². The number of aromatic nitrogens is 5. The van der Waals surface area contributed by atoms with Crippen LogP contribution in [0.3, 0.4) is 0 Å². The van der Waals surface area contributed by atoms with Gasteiger partial charge in [0.15, 0.2) is 5.82 Å². The van der Waals surface area contributed by atoms with Crippen molar-refractivity contribution in [2.45, 2.75) is 70.3 Å². The number of nitrogens with one attached hydrogen (secondary N) is 3. The number of hydrogen-bond acceptors (Lipinski definition) is 7.